The second-order valence-corrected chi connectivity index (χ2v) is 8.12. The van der Waals surface area contributed by atoms with Crippen molar-refractivity contribution in [2.45, 2.75) is 39.2 Å². The van der Waals surface area contributed by atoms with Crippen LogP contribution in [0.5, 0.6) is 0 Å². The molecule has 2 unspecified atom stereocenters. The van der Waals surface area contributed by atoms with Crippen LogP contribution in [0.1, 0.15) is 37.7 Å². The Kier molecular flexibility index (Phi) is 7.24. The lowest BCUT2D eigenvalue weighted by molar-refractivity contribution is -0.133. The number of benzene rings is 1. The Bertz CT molecular complexity index is 976. The van der Waals surface area contributed by atoms with E-state index >= 15 is 0 Å². The van der Waals surface area contributed by atoms with Gasteiger partial charge in [0.05, 0.1) is 18.2 Å². The lowest BCUT2D eigenvalue weighted by Crippen LogP contribution is -2.51. The van der Waals surface area contributed by atoms with E-state index < -0.39 is 31.0 Å². The minimum absolute atomic E-state index is 0.104. The van der Waals surface area contributed by atoms with E-state index in [9.17, 15) is 19.6 Å². The first kappa shape index (κ1) is 22.7. The Labute approximate surface area is 181 Å². The van der Waals surface area contributed by atoms with Gasteiger partial charge in [-0.1, -0.05) is 50.2 Å². The second-order valence-electron chi connectivity index (χ2n) is 8.12. The Morgan fingerprint density at radius 3 is 2.68 bits per heavy atom. The van der Waals surface area contributed by atoms with Gasteiger partial charge in [0.25, 0.3) is 11.8 Å². The highest BCUT2D eigenvalue weighted by atomic mass is 16.6. The number of carbonyl (C=O) groups is 2. The molecule has 0 saturated heterocycles. The molecule has 1 aliphatic rings. The van der Waals surface area contributed by atoms with Crippen molar-refractivity contribution in [1.82, 2.24) is 15.6 Å². The van der Waals surface area contributed by atoms with Crippen LogP contribution in [0, 0.1) is 11.8 Å². The molecule has 2 heterocycles. The standard InChI is InChI=1S/C21H27BN4O5/c1-12(2)10-17(22(29)30)25-21(28)19-13(3)16(26-31-19)11-24-20(27)18-15-7-5-4-6-14(15)8-9-23-18/h4-9,12-13,17,19,29-30H,10-11H2,1-3H3,(H,24,27)(H,25,28)/t13?,17-,19?/m0/s1. The van der Waals surface area contributed by atoms with Crippen molar-refractivity contribution in [2.24, 2.45) is 17.0 Å². The molecule has 0 spiro atoms. The number of hydrogen-bond donors (Lipinski definition) is 4. The fourth-order valence-electron chi connectivity index (χ4n) is 3.52. The molecule has 164 valence electrons. The summed E-state index contributed by atoms with van der Waals surface area (Å²) in [5.74, 6) is -1.86. The van der Waals surface area contributed by atoms with Gasteiger partial charge < -0.3 is 25.5 Å². The first-order valence-electron chi connectivity index (χ1n) is 10.3. The minimum atomic E-state index is -1.67. The molecule has 4 N–H and O–H groups in total. The lowest BCUT2D eigenvalue weighted by atomic mass is 9.75. The number of hydrogen-bond acceptors (Lipinski definition) is 7. The zero-order valence-corrected chi connectivity index (χ0v) is 17.8. The van der Waals surface area contributed by atoms with Gasteiger partial charge in [0, 0.05) is 17.5 Å². The average Bonchev–Trinajstić information content (AvgIpc) is 3.11. The van der Waals surface area contributed by atoms with Crippen LogP contribution in [-0.2, 0) is 9.63 Å². The Balaban J connectivity index is 1.59. The van der Waals surface area contributed by atoms with Crippen molar-refractivity contribution in [3.05, 3.63) is 42.2 Å². The molecule has 3 rings (SSSR count). The van der Waals surface area contributed by atoms with Crippen LogP contribution in [-0.4, -0.2) is 58.3 Å². The summed E-state index contributed by atoms with van der Waals surface area (Å²) < 4.78 is 0. The number of rotatable bonds is 8. The zero-order valence-electron chi connectivity index (χ0n) is 17.8. The maximum absolute atomic E-state index is 12.7. The fraction of sp³-hybridized carbons (Fsp3) is 0.429. The van der Waals surface area contributed by atoms with E-state index in [2.05, 4.69) is 20.8 Å². The number of nitrogens with one attached hydrogen (secondary N) is 2. The highest BCUT2D eigenvalue weighted by Gasteiger charge is 2.38. The average molecular weight is 426 g/mol. The molecule has 0 aliphatic carbocycles. The molecule has 31 heavy (non-hydrogen) atoms. The summed E-state index contributed by atoms with van der Waals surface area (Å²) in [6, 6.07) is 9.31. The fourth-order valence-corrected chi connectivity index (χ4v) is 3.52. The van der Waals surface area contributed by atoms with Gasteiger partial charge in [-0.2, -0.15) is 0 Å². The third-order valence-corrected chi connectivity index (χ3v) is 5.25. The third kappa shape index (κ3) is 5.39. The summed E-state index contributed by atoms with van der Waals surface area (Å²) in [6.07, 6.45) is 1.09. The third-order valence-electron chi connectivity index (χ3n) is 5.25. The van der Waals surface area contributed by atoms with Gasteiger partial charge in [0.2, 0.25) is 6.10 Å². The van der Waals surface area contributed by atoms with Crippen LogP contribution in [0.15, 0.2) is 41.7 Å². The number of fused-ring (bicyclic) bond motifs is 1. The van der Waals surface area contributed by atoms with Crippen LogP contribution in [0.3, 0.4) is 0 Å². The van der Waals surface area contributed by atoms with E-state index in [-0.39, 0.29) is 18.4 Å². The Hall–Kier alpha value is -2.98. The molecule has 9 nitrogen and oxygen atoms in total. The smallest absolute Gasteiger partial charge is 0.426 e. The van der Waals surface area contributed by atoms with Crippen LogP contribution in [0.4, 0.5) is 0 Å². The van der Waals surface area contributed by atoms with Crippen LogP contribution in [0.25, 0.3) is 10.8 Å². The first-order valence-corrected chi connectivity index (χ1v) is 10.3. The molecular formula is C21H27BN4O5. The normalized spacial score (nSPS) is 19.0. The van der Waals surface area contributed by atoms with Crippen LogP contribution >= 0.6 is 0 Å². The molecule has 0 bridgehead atoms. The van der Waals surface area contributed by atoms with Gasteiger partial charge >= 0.3 is 7.12 Å². The van der Waals surface area contributed by atoms with Gasteiger partial charge in [0.15, 0.2) is 0 Å². The summed E-state index contributed by atoms with van der Waals surface area (Å²) in [4.78, 5) is 34.7. The SMILES string of the molecule is CC(C)C[C@H](NC(=O)C1ON=C(CNC(=O)c2nccc3ccccc23)C1C)B(O)O. The Morgan fingerprint density at radius 2 is 1.97 bits per heavy atom. The molecule has 10 heteroatoms. The maximum atomic E-state index is 12.7. The molecule has 0 fully saturated rings. The van der Waals surface area contributed by atoms with E-state index in [0.717, 1.165) is 10.8 Å². The maximum Gasteiger partial charge on any atom is 0.475 e. The zero-order chi connectivity index (χ0) is 22.5. The number of amides is 2. The highest BCUT2D eigenvalue weighted by Crippen LogP contribution is 2.20. The molecule has 0 saturated carbocycles. The molecule has 2 amide bonds. The van der Waals surface area contributed by atoms with E-state index in [1.807, 2.05) is 44.2 Å². The number of aromatic nitrogens is 1. The van der Waals surface area contributed by atoms with Gasteiger partial charge in [-0.25, -0.2) is 0 Å². The minimum Gasteiger partial charge on any atom is -0.426 e. The highest BCUT2D eigenvalue weighted by molar-refractivity contribution is 6.43. The van der Waals surface area contributed by atoms with Crippen LogP contribution in [0.2, 0.25) is 0 Å². The van der Waals surface area contributed by atoms with Gasteiger partial charge in [0.1, 0.15) is 5.69 Å². The van der Waals surface area contributed by atoms with Crippen molar-refractivity contribution in [3.63, 3.8) is 0 Å². The van der Waals surface area contributed by atoms with Gasteiger partial charge in [-0.15, -0.1) is 0 Å². The number of carbonyl (C=O) groups excluding carboxylic acids is 2. The molecule has 2 aromatic rings. The summed E-state index contributed by atoms with van der Waals surface area (Å²) in [7, 11) is -1.67. The monoisotopic (exact) mass is 426 g/mol. The van der Waals surface area contributed by atoms with Crippen molar-refractivity contribution < 1.29 is 24.5 Å². The molecule has 1 aromatic heterocycles. The number of nitrogens with zero attached hydrogens (tertiary/aromatic N) is 2. The van der Waals surface area contributed by atoms with Crippen molar-refractivity contribution in [1.29, 1.82) is 0 Å². The Morgan fingerprint density at radius 1 is 1.23 bits per heavy atom. The number of pyridine rings is 1. The predicted molar refractivity (Wildman–Crippen MR) is 117 cm³/mol. The van der Waals surface area contributed by atoms with Gasteiger partial charge in [-0.3, -0.25) is 14.6 Å². The molecule has 1 aromatic carbocycles. The van der Waals surface area contributed by atoms with Gasteiger partial charge in [-0.05, 0) is 23.8 Å². The number of oxime groups is 1. The predicted octanol–water partition coefficient (Wildman–Crippen LogP) is 0.898. The van der Waals surface area contributed by atoms with Crippen molar-refractivity contribution in [2.75, 3.05) is 6.54 Å². The summed E-state index contributed by atoms with van der Waals surface area (Å²) in [5, 5.41) is 30.1. The van der Waals surface area contributed by atoms with Crippen molar-refractivity contribution >= 4 is 35.4 Å². The van der Waals surface area contributed by atoms with Crippen LogP contribution < -0.4 is 10.6 Å². The molecular weight excluding hydrogens is 399 g/mol. The van der Waals surface area contributed by atoms with E-state index in [4.69, 9.17) is 4.84 Å². The molecule has 1 aliphatic heterocycles. The quantitative estimate of drug-likeness (QED) is 0.464. The van der Waals surface area contributed by atoms with E-state index in [1.54, 1.807) is 13.1 Å². The molecule has 3 atom stereocenters. The topological polar surface area (TPSA) is 133 Å². The van der Waals surface area contributed by atoms with Crippen molar-refractivity contribution in [3.8, 4) is 0 Å². The lowest BCUT2D eigenvalue weighted by Gasteiger charge is -2.22. The summed E-state index contributed by atoms with van der Waals surface area (Å²) in [6.45, 7) is 5.72. The largest absolute Gasteiger partial charge is 0.475 e. The molecule has 0 radical (unpaired) electrons. The summed E-state index contributed by atoms with van der Waals surface area (Å²) in [5.41, 5.74) is 0.826. The summed E-state index contributed by atoms with van der Waals surface area (Å²) >= 11 is 0. The second kappa shape index (κ2) is 9.89. The van der Waals surface area contributed by atoms with E-state index in [1.165, 1.54) is 0 Å². The van der Waals surface area contributed by atoms with E-state index in [0.29, 0.717) is 17.8 Å². The first-order chi connectivity index (χ1) is 14.8.